The molecule has 0 spiro atoms. The highest BCUT2D eigenvalue weighted by Gasteiger charge is 2.36. The molecule has 0 saturated carbocycles. The van der Waals surface area contributed by atoms with E-state index in [0.717, 1.165) is 0 Å². The van der Waals surface area contributed by atoms with Crippen LogP contribution >= 0.6 is 0 Å². The van der Waals surface area contributed by atoms with Gasteiger partial charge in [0.15, 0.2) is 0 Å². The molecule has 1 fully saturated rings. The van der Waals surface area contributed by atoms with Gasteiger partial charge in [-0.1, -0.05) is 0 Å². The molecular weight excluding hydrogens is 332 g/mol. The summed E-state index contributed by atoms with van der Waals surface area (Å²) in [4.78, 5) is 51.0. The molecule has 1 aliphatic rings. The van der Waals surface area contributed by atoms with Crippen molar-refractivity contribution in [1.29, 1.82) is 0 Å². The van der Waals surface area contributed by atoms with E-state index in [0.29, 0.717) is 11.1 Å². The summed E-state index contributed by atoms with van der Waals surface area (Å²) in [6, 6.07) is 0. The Kier molecular flexibility index (Phi) is 4.31. The van der Waals surface area contributed by atoms with Crippen molar-refractivity contribution in [3.8, 4) is 0 Å². The third-order valence-corrected chi connectivity index (χ3v) is 4.23. The number of ether oxygens (including phenoxy) is 1. The molecule has 1 aliphatic heterocycles. The summed E-state index contributed by atoms with van der Waals surface area (Å²) >= 11 is 0. The summed E-state index contributed by atoms with van der Waals surface area (Å²) in [5, 5.41) is 10.2. The van der Waals surface area contributed by atoms with Gasteiger partial charge in [0.05, 0.1) is 12.6 Å². The maximum atomic E-state index is 11.9. The molecule has 0 radical (unpaired) electrons. The van der Waals surface area contributed by atoms with Crippen molar-refractivity contribution in [3.05, 3.63) is 65.2 Å². The molecule has 0 aliphatic carbocycles. The number of aryl methyl sites for hydroxylation is 2. The number of aliphatic hydroxyl groups excluding tert-OH is 1. The molecule has 0 aromatic carbocycles. The Labute approximate surface area is 140 Å². The highest BCUT2D eigenvalue weighted by atomic mass is 16.5. The van der Waals surface area contributed by atoms with Gasteiger partial charge in [0.25, 0.3) is 11.1 Å². The minimum absolute atomic E-state index is 0.0191. The Bertz CT molecular complexity index is 1030. The Hall–Kier alpha value is -2.72. The zero-order valence-corrected chi connectivity index (χ0v) is 13.7. The molecule has 10 heteroatoms. The van der Waals surface area contributed by atoms with Crippen LogP contribution in [0, 0.1) is 13.8 Å². The molecule has 1 saturated heterocycles. The van der Waals surface area contributed by atoms with Crippen LogP contribution in [0.15, 0.2) is 31.6 Å². The molecular formula is C15H18N4O6. The maximum Gasteiger partial charge on any atom is 0.330 e. The fourth-order valence-corrected chi connectivity index (χ4v) is 2.80. The van der Waals surface area contributed by atoms with Crippen LogP contribution in [0.2, 0.25) is 0 Å². The highest BCUT2D eigenvalue weighted by Crippen LogP contribution is 2.28. The Morgan fingerprint density at radius 1 is 1.08 bits per heavy atom. The van der Waals surface area contributed by atoms with Gasteiger partial charge in [0.1, 0.15) is 12.3 Å². The van der Waals surface area contributed by atoms with Gasteiger partial charge < -0.3 is 9.84 Å². The number of aromatic amines is 2. The van der Waals surface area contributed by atoms with E-state index in [1.165, 1.54) is 21.5 Å². The van der Waals surface area contributed by atoms with Gasteiger partial charge in [0, 0.05) is 29.9 Å². The minimum Gasteiger partial charge on any atom is -0.390 e. The normalized spacial score (nSPS) is 23.1. The summed E-state index contributed by atoms with van der Waals surface area (Å²) < 4.78 is 8.16. The van der Waals surface area contributed by atoms with E-state index in [2.05, 4.69) is 9.97 Å². The van der Waals surface area contributed by atoms with Crippen molar-refractivity contribution in [1.82, 2.24) is 19.1 Å². The zero-order chi connectivity index (χ0) is 18.3. The Balaban J connectivity index is 1.85. The van der Waals surface area contributed by atoms with E-state index in [4.69, 9.17) is 4.74 Å². The minimum atomic E-state index is -0.914. The summed E-state index contributed by atoms with van der Waals surface area (Å²) in [5.74, 6) is 0. The second kappa shape index (κ2) is 6.30. The van der Waals surface area contributed by atoms with Gasteiger partial charge in [-0.15, -0.1) is 0 Å². The van der Waals surface area contributed by atoms with Gasteiger partial charge in [0.2, 0.25) is 0 Å². The van der Waals surface area contributed by atoms with E-state index in [1.807, 2.05) is 0 Å². The number of hydrogen-bond donors (Lipinski definition) is 3. The van der Waals surface area contributed by atoms with Crippen molar-refractivity contribution in [2.75, 3.05) is 0 Å². The van der Waals surface area contributed by atoms with Crippen molar-refractivity contribution >= 4 is 0 Å². The molecule has 10 nitrogen and oxygen atoms in total. The third kappa shape index (κ3) is 3.26. The topological polar surface area (TPSA) is 139 Å². The first kappa shape index (κ1) is 17.1. The quantitative estimate of drug-likeness (QED) is 0.606. The lowest BCUT2D eigenvalue weighted by Gasteiger charge is -2.17. The Morgan fingerprint density at radius 2 is 1.68 bits per heavy atom. The van der Waals surface area contributed by atoms with Crippen LogP contribution in [0.1, 0.15) is 23.8 Å². The Morgan fingerprint density at radius 3 is 2.36 bits per heavy atom. The highest BCUT2D eigenvalue weighted by molar-refractivity contribution is 5.03. The monoisotopic (exact) mass is 350 g/mol. The second-order valence-electron chi connectivity index (χ2n) is 6.13. The van der Waals surface area contributed by atoms with E-state index in [9.17, 15) is 24.3 Å². The van der Waals surface area contributed by atoms with E-state index < -0.39 is 40.9 Å². The third-order valence-electron chi connectivity index (χ3n) is 4.23. The lowest BCUT2D eigenvalue weighted by Crippen LogP contribution is -2.36. The van der Waals surface area contributed by atoms with Gasteiger partial charge in [-0.3, -0.25) is 28.7 Å². The van der Waals surface area contributed by atoms with E-state index >= 15 is 0 Å². The number of aromatic nitrogens is 4. The summed E-state index contributed by atoms with van der Waals surface area (Å²) in [5.41, 5.74) is -1.49. The number of nitrogens with zero attached hydrogens (tertiary/aromatic N) is 2. The van der Waals surface area contributed by atoms with Crippen molar-refractivity contribution in [2.45, 2.75) is 45.2 Å². The standard InChI is InChI=1S/C15H18N4O6/c1-7-4-18(14(23)16-12(7)21)6-10-9(20)3-11(25-10)19-5-8(2)13(22)17-15(19)24/h4-5,9-11,20H,3,6H2,1-2H3,(H,16,21,23)(H,17,22,24). The SMILES string of the molecule is Cc1cn(CC2OC(n3cc(C)c(=O)[nH]c3=O)CC2O)c(=O)[nH]c1=O. The number of aliphatic hydroxyl groups is 1. The summed E-state index contributed by atoms with van der Waals surface area (Å²) in [6.07, 6.45) is 0.476. The molecule has 2 aromatic heterocycles. The molecule has 3 rings (SSSR count). The molecule has 134 valence electrons. The number of nitrogens with one attached hydrogen (secondary N) is 2. The molecule has 3 N–H and O–H groups in total. The maximum absolute atomic E-state index is 11.9. The molecule has 2 aromatic rings. The fraction of sp³-hybridized carbons (Fsp3) is 0.467. The van der Waals surface area contributed by atoms with Gasteiger partial charge >= 0.3 is 11.4 Å². The lowest BCUT2D eigenvalue weighted by atomic mass is 10.1. The first-order chi connectivity index (χ1) is 11.8. The van der Waals surface area contributed by atoms with Crippen LogP contribution in [-0.2, 0) is 11.3 Å². The van der Waals surface area contributed by atoms with Crippen LogP contribution in [0.5, 0.6) is 0 Å². The van der Waals surface area contributed by atoms with Crippen LogP contribution in [0.3, 0.4) is 0 Å². The van der Waals surface area contributed by atoms with Gasteiger partial charge in [-0.25, -0.2) is 9.59 Å². The average molecular weight is 350 g/mol. The number of rotatable bonds is 3. The molecule has 3 atom stereocenters. The lowest BCUT2D eigenvalue weighted by molar-refractivity contribution is -0.0290. The largest absolute Gasteiger partial charge is 0.390 e. The van der Waals surface area contributed by atoms with Crippen LogP contribution in [0.4, 0.5) is 0 Å². The summed E-state index contributed by atoms with van der Waals surface area (Å²) in [6.45, 7) is 3.14. The number of hydrogen-bond acceptors (Lipinski definition) is 6. The molecule has 25 heavy (non-hydrogen) atoms. The predicted molar refractivity (Wildman–Crippen MR) is 86.7 cm³/mol. The van der Waals surface area contributed by atoms with Gasteiger partial charge in [-0.2, -0.15) is 0 Å². The summed E-state index contributed by atoms with van der Waals surface area (Å²) in [7, 11) is 0. The van der Waals surface area contributed by atoms with Gasteiger partial charge in [-0.05, 0) is 13.8 Å². The second-order valence-corrected chi connectivity index (χ2v) is 6.13. The molecule has 3 unspecified atom stereocenters. The fourth-order valence-electron chi connectivity index (χ4n) is 2.80. The van der Waals surface area contributed by atoms with E-state index in [-0.39, 0.29) is 13.0 Å². The molecule has 0 amide bonds. The van der Waals surface area contributed by atoms with Crippen molar-refractivity contribution < 1.29 is 9.84 Å². The molecule has 3 heterocycles. The smallest absolute Gasteiger partial charge is 0.330 e. The van der Waals surface area contributed by atoms with Crippen molar-refractivity contribution in [2.24, 2.45) is 0 Å². The average Bonchev–Trinajstić information content (AvgIpc) is 2.89. The zero-order valence-electron chi connectivity index (χ0n) is 13.7. The first-order valence-electron chi connectivity index (χ1n) is 7.72. The first-order valence-corrected chi connectivity index (χ1v) is 7.72. The van der Waals surface area contributed by atoms with Crippen LogP contribution < -0.4 is 22.5 Å². The van der Waals surface area contributed by atoms with Crippen molar-refractivity contribution in [3.63, 3.8) is 0 Å². The van der Waals surface area contributed by atoms with Crippen LogP contribution in [-0.4, -0.2) is 36.4 Å². The van der Waals surface area contributed by atoms with Crippen LogP contribution in [0.25, 0.3) is 0 Å². The van der Waals surface area contributed by atoms with E-state index in [1.54, 1.807) is 13.8 Å². The predicted octanol–water partition coefficient (Wildman–Crippen LogP) is -1.65. The molecule has 0 bridgehead atoms. The number of H-pyrrole nitrogens is 2.